The third kappa shape index (κ3) is 5.79. The Labute approximate surface area is 166 Å². The van der Waals surface area contributed by atoms with Crippen molar-refractivity contribution in [1.82, 2.24) is 4.90 Å². The highest BCUT2D eigenvalue weighted by Crippen LogP contribution is 2.19. The lowest BCUT2D eigenvalue weighted by Crippen LogP contribution is -2.39. The standard InChI is InChI=1S/C21H28N2OS2/c1-2-3-6-17-9-11-18(12-10-17)22-21(25)23(15-19-7-4-13-24-19)16-20-8-5-14-26-20/h5,8-12,14,19H,2-4,6-7,13,15-16H2,1H3,(H,22,25)/t19-/m1/s1. The Balaban J connectivity index is 1.61. The van der Waals surface area contributed by atoms with E-state index in [0.717, 1.165) is 49.8 Å². The Morgan fingerprint density at radius 3 is 2.81 bits per heavy atom. The molecular weight excluding hydrogens is 360 g/mol. The number of benzene rings is 1. The third-order valence-corrected chi connectivity index (χ3v) is 5.91. The van der Waals surface area contributed by atoms with Crippen LogP contribution in [-0.4, -0.2) is 29.3 Å². The van der Waals surface area contributed by atoms with Gasteiger partial charge in [-0.3, -0.25) is 0 Å². The Hall–Kier alpha value is -1.43. The number of thiophene rings is 1. The zero-order valence-electron chi connectivity index (χ0n) is 15.4. The molecule has 1 aliphatic rings. The quantitative estimate of drug-likeness (QED) is 0.606. The highest BCUT2D eigenvalue weighted by Gasteiger charge is 2.21. The number of thiocarbonyl (C=S) groups is 1. The summed E-state index contributed by atoms with van der Waals surface area (Å²) in [5, 5.41) is 6.31. The van der Waals surface area contributed by atoms with Crippen LogP contribution in [0, 0.1) is 0 Å². The number of aryl methyl sites for hydroxylation is 1. The molecule has 3 rings (SSSR count). The first-order chi connectivity index (χ1) is 12.7. The summed E-state index contributed by atoms with van der Waals surface area (Å²) in [7, 11) is 0. The predicted octanol–water partition coefficient (Wildman–Crippen LogP) is 5.47. The van der Waals surface area contributed by atoms with E-state index < -0.39 is 0 Å². The number of anilines is 1. The van der Waals surface area contributed by atoms with Crippen LogP contribution in [0.1, 0.15) is 43.0 Å². The molecule has 1 aromatic heterocycles. The minimum atomic E-state index is 0.283. The summed E-state index contributed by atoms with van der Waals surface area (Å²) in [6.07, 6.45) is 6.16. The first-order valence-corrected chi connectivity index (χ1v) is 10.8. The van der Waals surface area contributed by atoms with E-state index in [-0.39, 0.29) is 6.10 Å². The second-order valence-electron chi connectivity index (χ2n) is 6.83. The van der Waals surface area contributed by atoms with Crippen molar-refractivity contribution < 1.29 is 4.74 Å². The van der Waals surface area contributed by atoms with E-state index in [4.69, 9.17) is 17.0 Å². The summed E-state index contributed by atoms with van der Waals surface area (Å²) in [4.78, 5) is 3.56. The van der Waals surface area contributed by atoms with E-state index >= 15 is 0 Å². The molecular formula is C21H28N2OS2. The summed E-state index contributed by atoms with van der Waals surface area (Å²) in [6.45, 7) is 4.78. The zero-order chi connectivity index (χ0) is 18.2. The molecule has 0 aliphatic carbocycles. The summed E-state index contributed by atoms with van der Waals surface area (Å²) >= 11 is 7.50. The van der Waals surface area contributed by atoms with E-state index in [1.165, 1.54) is 23.3 Å². The second kappa shape index (κ2) is 10.0. The van der Waals surface area contributed by atoms with Gasteiger partial charge in [0.2, 0.25) is 0 Å². The van der Waals surface area contributed by atoms with Crippen LogP contribution in [0.4, 0.5) is 5.69 Å². The van der Waals surface area contributed by atoms with Crippen molar-refractivity contribution in [3.63, 3.8) is 0 Å². The number of unbranched alkanes of at least 4 members (excludes halogenated alkanes) is 1. The fraction of sp³-hybridized carbons (Fsp3) is 0.476. The van der Waals surface area contributed by atoms with Crippen molar-refractivity contribution in [2.24, 2.45) is 0 Å². The summed E-state index contributed by atoms with van der Waals surface area (Å²) in [6, 6.07) is 12.9. The Morgan fingerprint density at radius 1 is 1.31 bits per heavy atom. The average Bonchev–Trinajstić information content (AvgIpc) is 3.34. The van der Waals surface area contributed by atoms with Gasteiger partial charge >= 0.3 is 0 Å². The van der Waals surface area contributed by atoms with E-state index in [2.05, 4.69) is 58.9 Å². The van der Waals surface area contributed by atoms with Gasteiger partial charge < -0.3 is 15.0 Å². The lowest BCUT2D eigenvalue weighted by Gasteiger charge is -2.28. The molecule has 0 bridgehead atoms. The van der Waals surface area contributed by atoms with Gasteiger partial charge in [0.25, 0.3) is 0 Å². The number of nitrogens with one attached hydrogen (secondary N) is 1. The highest BCUT2D eigenvalue weighted by atomic mass is 32.1. The number of ether oxygens (including phenoxy) is 1. The largest absolute Gasteiger partial charge is 0.376 e. The lowest BCUT2D eigenvalue weighted by molar-refractivity contribution is 0.0907. The van der Waals surface area contributed by atoms with Gasteiger partial charge in [-0.2, -0.15) is 0 Å². The van der Waals surface area contributed by atoms with Gasteiger partial charge in [-0.15, -0.1) is 11.3 Å². The maximum atomic E-state index is 5.83. The van der Waals surface area contributed by atoms with Gasteiger partial charge in [0.1, 0.15) is 0 Å². The molecule has 2 heterocycles. The average molecular weight is 389 g/mol. The molecule has 0 spiro atoms. The third-order valence-electron chi connectivity index (χ3n) is 4.69. The molecule has 1 atom stereocenters. The molecule has 0 amide bonds. The second-order valence-corrected chi connectivity index (χ2v) is 8.24. The van der Waals surface area contributed by atoms with E-state index in [1.54, 1.807) is 11.3 Å². The van der Waals surface area contributed by atoms with Crippen molar-refractivity contribution >= 4 is 34.4 Å². The molecule has 1 aliphatic heterocycles. The SMILES string of the molecule is CCCCc1ccc(NC(=S)N(Cc2cccs2)C[C@H]2CCCO2)cc1. The van der Waals surface area contributed by atoms with Crippen LogP contribution in [0.3, 0.4) is 0 Å². The first kappa shape index (κ1) is 19.3. The monoisotopic (exact) mass is 388 g/mol. The first-order valence-electron chi connectivity index (χ1n) is 9.53. The molecule has 0 radical (unpaired) electrons. The maximum Gasteiger partial charge on any atom is 0.173 e. The number of hydrogen-bond acceptors (Lipinski definition) is 3. The number of hydrogen-bond donors (Lipinski definition) is 1. The van der Waals surface area contributed by atoms with Crippen molar-refractivity contribution in [2.75, 3.05) is 18.5 Å². The van der Waals surface area contributed by atoms with Gasteiger partial charge in [-0.1, -0.05) is 31.5 Å². The minimum Gasteiger partial charge on any atom is -0.376 e. The molecule has 5 heteroatoms. The van der Waals surface area contributed by atoms with Crippen LogP contribution in [0.5, 0.6) is 0 Å². The molecule has 1 aromatic carbocycles. The van der Waals surface area contributed by atoms with Crippen LogP contribution >= 0.6 is 23.6 Å². The molecule has 0 saturated carbocycles. The fourth-order valence-corrected chi connectivity index (χ4v) is 4.16. The topological polar surface area (TPSA) is 24.5 Å². The zero-order valence-corrected chi connectivity index (χ0v) is 17.1. The van der Waals surface area contributed by atoms with Crippen molar-refractivity contribution in [1.29, 1.82) is 0 Å². The Morgan fingerprint density at radius 2 is 2.15 bits per heavy atom. The predicted molar refractivity (Wildman–Crippen MR) is 115 cm³/mol. The Bertz CT molecular complexity index is 664. The molecule has 0 unspecified atom stereocenters. The van der Waals surface area contributed by atoms with Crippen LogP contribution in [0.2, 0.25) is 0 Å². The van der Waals surface area contributed by atoms with E-state index in [0.29, 0.717) is 0 Å². The summed E-state index contributed by atoms with van der Waals surface area (Å²) < 4.78 is 5.83. The molecule has 140 valence electrons. The van der Waals surface area contributed by atoms with Crippen LogP contribution < -0.4 is 5.32 Å². The van der Waals surface area contributed by atoms with Crippen molar-refractivity contribution in [3.05, 3.63) is 52.2 Å². The minimum absolute atomic E-state index is 0.283. The van der Waals surface area contributed by atoms with Crippen LogP contribution in [0.15, 0.2) is 41.8 Å². The normalized spacial score (nSPS) is 16.6. The maximum absolute atomic E-state index is 5.83. The van der Waals surface area contributed by atoms with E-state index in [9.17, 15) is 0 Å². The number of rotatable bonds is 8. The lowest BCUT2D eigenvalue weighted by atomic mass is 10.1. The number of nitrogens with zero attached hydrogens (tertiary/aromatic N) is 1. The molecule has 1 fully saturated rings. The van der Waals surface area contributed by atoms with Gasteiger partial charge in [0.15, 0.2) is 5.11 Å². The van der Waals surface area contributed by atoms with Crippen LogP contribution in [0.25, 0.3) is 0 Å². The fourth-order valence-electron chi connectivity index (χ4n) is 3.18. The van der Waals surface area contributed by atoms with E-state index in [1.807, 2.05) is 0 Å². The summed E-state index contributed by atoms with van der Waals surface area (Å²) in [5.74, 6) is 0. The van der Waals surface area contributed by atoms with Crippen LogP contribution in [-0.2, 0) is 17.7 Å². The molecule has 1 saturated heterocycles. The van der Waals surface area contributed by atoms with Crippen molar-refractivity contribution in [2.45, 2.75) is 51.7 Å². The summed E-state index contributed by atoms with van der Waals surface area (Å²) in [5.41, 5.74) is 2.44. The molecule has 1 N–H and O–H groups in total. The van der Waals surface area contributed by atoms with Gasteiger partial charge in [0.05, 0.1) is 12.6 Å². The van der Waals surface area contributed by atoms with Gasteiger partial charge in [-0.05, 0) is 67.0 Å². The van der Waals surface area contributed by atoms with Gasteiger partial charge in [0, 0.05) is 23.7 Å². The van der Waals surface area contributed by atoms with Crippen molar-refractivity contribution in [3.8, 4) is 0 Å². The van der Waals surface area contributed by atoms with Gasteiger partial charge in [-0.25, -0.2) is 0 Å². The molecule has 3 nitrogen and oxygen atoms in total. The highest BCUT2D eigenvalue weighted by molar-refractivity contribution is 7.80. The Kier molecular flexibility index (Phi) is 7.47. The smallest absolute Gasteiger partial charge is 0.173 e. The molecule has 2 aromatic rings. The molecule has 26 heavy (non-hydrogen) atoms.